The highest BCUT2D eigenvalue weighted by Gasteiger charge is 2.20. The minimum atomic E-state index is -0.616. The van der Waals surface area contributed by atoms with Crippen molar-refractivity contribution >= 4 is 17.8 Å². The minimum absolute atomic E-state index is 0.181. The van der Waals surface area contributed by atoms with Gasteiger partial charge in [-0.1, -0.05) is 12.2 Å². The van der Waals surface area contributed by atoms with E-state index in [-0.39, 0.29) is 17.2 Å². The van der Waals surface area contributed by atoms with Gasteiger partial charge in [0.1, 0.15) is 0 Å². The summed E-state index contributed by atoms with van der Waals surface area (Å²) in [6, 6.07) is 6.15. The van der Waals surface area contributed by atoms with Crippen molar-refractivity contribution < 1.29 is 29.0 Å². The summed E-state index contributed by atoms with van der Waals surface area (Å²) in [5.74, 6) is 0.932. The third-order valence-electron chi connectivity index (χ3n) is 3.63. The fourth-order valence-corrected chi connectivity index (χ4v) is 2.45. The van der Waals surface area contributed by atoms with E-state index in [1.165, 1.54) is 40.6 Å². The molecule has 0 aliphatic carbocycles. The number of hydrogen-bond donors (Lipinski definition) is 1. The van der Waals surface area contributed by atoms with Crippen LogP contribution in [0.15, 0.2) is 24.3 Å². The molecule has 2 aromatic rings. The molecule has 0 unspecified atom stereocenters. The number of phenolic OH excluding ortho intramolecular Hbond substituents is 1. The van der Waals surface area contributed by atoms with Gasteiger partial charge in [-0.2, -0.15) is 0 Å². The van der Waals surface area contributed by atoms with Gasteiger partial charge in [-0.25, -0.2) is 0 Å². The molecule has 0 heterocycles. The number of hydrogen-bond acceptors (Lipinski definition) is 7. The lowest BCUT2D eigenvalue weighted by Gasteiger charge is -2.12. The molecule has 0 bridgehead atoms. The van der Waals surface area contributed by atoms with Crippen LogP contribution in [-0.2, 0) is 0 Å². The maximum atomic E-state index is 11.1. The Kier molecular flexibility index (Phi) is 5.90. The molecule has 26 heavy (non-hydrogen) atoms. The summed E-state index contributed by atoms with van der Waals surface area (Å²) in [6.07, 6.45) is 3.32. The topological polar surface area (TPSA) is 100 Å². The Labute approximate surface area is 150 Å². The fourth-order valence-electron chi connectivity index (χ4n) is 2.45. The molecular weight excluding hydrogens is 342 g/mol. The average Bonchev–Trinajstić information content (AvgIpc) is 2.64. The van der Waals surface area contributed by atoms with Crippen molar-refractivity contribution in [2.75, 3.05) is 28.4 Å². The van der Waals surface area contributed by atoms with E-state index in [4.69, 9.17) is 18.9 Å². The van der Waals surface area contributed by atoms with Crippen LogP contribution in [0.3, 0.4) is 0 Å². The zero-order chi connectivity index (χ0) is 19.3. The highest BCUT2D eigenvalue weighted by molar-refractivity contribution is 5.75. The standard InChI is InChI=1S/C18H19NO7/c1-23-15-9-12(10-16(24-2)18(15)26-4)6-5-11-7-13(19(21)22)17(25-3)14(20)8-11/h5-10,20H,1-4H3/b6-5+. The quantitative estimate of drug-likeness (QED) is 0.457. The predicted molar refractivity (Wildman–Crippen MR) is 96.3 cm³/mol. The lowest BCUT2D eigenvalue weighted by atomic mass is 10.1. The molecule has 138 valence electrons. The zero-order valence-electron chi connectivity index (χ0n) is 14.8. The van der Waals surface area contributed by atoms with Crippen LogP contribution >= 0.6 is 0 Å². The second kappa shape index (κ2) is 8.11. The van der Waals surface area contributed by atoms with Crippen molar-refractivity contribution in [1.82, 2.24) is 0 Å². The van der Waals surface area contributed by atoms with Crippen molar-refractivity contribution in [3.63, 3.8) is 0 Å². The first-order chi connectivity index (χ1) is 12.4. The first-order valence-corrected chi connectivity index (χ1v) is 7.48. The molecule has 8 heteroatoms. The van der Waals surface area contributed by atoms with Crippen LogP contribution in [0.5, 0.6) is 28.7 Å². The van der Waals surface area contributed by atoms with Crippen LogP contribution in [0, 0.1) is 10.1 Å². The number of rotatable bonds is 7. The lowest BCUT2D eigenvalue weighted by molar-refractivity contribution is -0.385. The van der Waals surface area contributed by atoms with Gasteiger partial charge in [-0.15, -0.1) is 0 Å². The smallest absolute Gasteiger partial charge is 0.315 e. The zero-order valence-corrected chi connectivity index (χ0v) is 14.8. The number of nitro benzene ring substituents is 1. The number of nitrogens with zero attached hydrogens (tertiary/aromatic N) is 1. The summed E-state index contributed by atoms with van der Waals surface area (Å²) < 4.78 is 20.7. The van der Waals surface area contributed by atoms with Gasteiger partial charge < -0.3 is 24.1 Å². The molecule has 0 aromatic heterocycles. The summed E-state index contributed by atoms with van der Waals surface area (Å²) in [6.45, 7) is 0. The van der Waals surface area contributed by atoms with E-state index < -0.39 is 4.92 Å². The molecule has 0 saturated carbocycles. The van der Waals surface area contributed by atoms with E-state index in [0.29, 0.717) is 22.8 Å². The van der Waals surface area contributed by atoms with E-state index in [1.807, 2.05) is 0 Å². The molecule has 0 amide bonds. The lowest BCUT2D eigenvalue weighted by Crippen LogP contribution is -1.95. The molecule has 0 saturated heterocycles. The van der Waals surface area contributed by atoms with Crippen molar-refractivity contribution in [2.24, 2.45) is 0 Å². The molecule has 2 aromatic carbocycles. The van der Waals surface area contributed by atoms with Crippen LogP contribution < -0.4 is 18.9 Å². The van der Waals surface area contributed by atoms with Gasteiger partial charge in [-0.3, -0.25) is 10.1 Å². The molecule has 0 fully saturated rings. The molecular formula is C18H19NO7. The second-order valence-corrected chi connectivity index (χ2v) is 5.14. The SMILES string of the molecule is COc1cc(/C=C/c2cc(O)c(OC)c([N+](=O)[O-])c2)cc(OC)c1OC. The third kappa shape index (κ3) is 3.80. The van der Waals surface area contributed by atoms with Crippen LogP contribution in [0.1, 0.15) is 11.1 Å². The second-order valence-electron chi connectivity index (χ2n) is 5.14. The number of ether oxygens (including phenoxy) is 4. The Morgan fingerprint density at radius 2 is 1.35 bits per heavy atom. The number of benzene rings is 2. The number of methoxy groups -OCH3 is 4. The summed E-state index contributed by atoms with van der Waals surface area (Å²) in [5, 5.41) is 21.1. The molecule has 0 radical (unpaired) electrons. The Morgan fingerprint density at radius 1 is 0.846 bits per heavy atom. The average molecular weight is 361 g/mol. The van der Waals surface area contributed by atoms with Gasteiger partial charge in [0, 0.05) is 6.07 Å². The third-order valence-corrected chi connectivity index (χ3v) is 3.63. The Bertz CT molecular complexity index is 821. The van der Waals surface area contributed by atoms with Gasteiger partial charge in [0.05, 0.1) is 33.4 Å². The maximum absolute atomic E-state index is 11.1. The Balaban J connectivity index is 2.46. The first kappa shape index (κ1) is 18.9. The maximum Gasteiger partial charge on any atom is 0.315 e. The Morgan fingerprint density at radius 3 is 1.77 bits per heavy atom. The van der Waals surface area contributed by atoms with Crippen LogP contribution in [0.25, 0.3) is 12.2 Å². The van der Waals surface area contributed by atoms with Crippen LogP contribution in [0.2, 0.25) is 0 Å². The molecule has 1 N–H and O–H groups in total. The molecule has 8 nitrogen and oxygen atoms in total. The normalized spacial score (nSPS) is 10.6. The molecule has 0 atom stereocenters. The van der Waals surface area contributed by atoms with Gasteiger partial charge >= 0.3 is 5.69 Å². The highest BCUT2D eigenvalue weighted by Crippen LogP contribution is 2.40. The van der Waals surface area contributed by atoms with Crippen molar-refractivity contribution in [3.05, 3.63) is 45.5 Å². The first-order valence-electron chi connectivity index (χ1n) is 7.48. The molecule has 0 aliphatic heterocycles. The van der Waals surface area contributed by atoms with Crippen LogP contribution in [0.4, 0.5) is 5.69 Å². The largest absolute Gasteiger partial charge is 0.504 e. The monoisotopic (exact) mass is 361 g/mol. The van der Waals surface area contributed by atoms with Gasteiger partial charge in [0.2, 0.25) is 11.5 Å². The van der Waals surface area contributed by atoms with Crippen molar-refractivity contribution in [2.45, 2.75) is 0 Å². The van der Waals surface area contributed by atoms with Crippen LogP contribution in [-0.4, -0.2) is 38.5 Å². The van der Waals surface area contributed by atoms with Gasteiger partial charge in [-0.05, 0) is 29.3 Å². The van der Waals surface area contributed by atoms with E-state index in [0.717, 1.165) is 5.56 Å². The molecule has 2 rings (SSSR count). The number of nitro groups is 1. The van der Waals surface area contributed by atoms with Gasteiger partial charge in [0.15, 0.2) is 17.2 Å². The van der Waals surface area contributed by atoms with E-state index in [2.05, 4.69) is 0 Å². The van der Waals surface area contributed by atoms with Gasteiger partial charge in [0.25, 0.3) is 0 Å². The summed E-state index contributed by atoms with van der Waals surface area (Å²) in [5.41, 5.74) is 0.832. The fraction of sp³-hybridized carbons (Fsp3) is 0.222. The van der Waals surface area contributed by atoms with E-state index >= 15 is 0 Å². The highest BCUT2D eigenvalue weighted by atomic mass is 16.6. The van der Waals surface area contributed by atoms with E-state index in [9.17, 15) is 15.2 Å². The molecule has 0 spiro atoms. The predicted octanol–water partition coefficient (Wildman–Crippen LogP) is 3.51. The van der Waals surface area contributed by atoms with E-state index in [1.54, 1.807) is 24.3 Å². The van der Waals surface area contributed by atoms with Crippen molar-refractivity contribution in [1.29, 1.82) is 0 Å². The molecule has 0 aliphatic rings. The summed E-state index contributed by atoms with van der Waals surface area (Å²) >= 11 is 0. The number of aromatic hydroxyl groups is 1. The van der Waals surface area contributed by atoms with Crippen molar-refractivity contribution in [3.8, 4) is 28.7 Å². The Hall–Kier alpha value is -3.42. The summed E-state index contributed by atoms with van der Waals surface area (Å²) in [4.78, 5) is 10.5. The number of phenols is 1. The summed E-state index contributed by atoms with van der Waals surface area (Å²) in [7, 11) is 5.79. The minimum Gasteiger partial charge on any atom is -0.504 e.